The first kappa shape index (κ1) is 27.6. The quantitative estimate of drug-likeness (QED) is 0.110. The molecular formula is C39H37N2+. The molecule has 0 aromatic heterocycles. The summed E-state index contributed by atoms with van der Waals surface area (Å²) in [5.41, 5.74) is 11.9. The minimum absolute atomic E-state index is 1.15. The standard InChI is InChI=1S/C39H37N2/c1-40(2)38(35-24-20-33(21-25-35)30-14-8-5-9-15-30)28-37(32-18-12-7-13-19-32)29-39(41(3)4)36-26-22-34(23-27-36)31-16-10-6-11-17-31/h5-29H,1-4H3/q+1. The van der Waals surface area contributed by atoms with Gasteiger partial charge in [0.2, 0.25) is 5.71 Å². The van der Waals surface area contributed by atoms with Crippen LogP contribution >= 0.6 is 0 Å². The summed E-state index contributed by atoms with van der Waals surface area (Å²) in [4.78, 5) is 2.19. The highest BCUT2D eigenvalue weighted by molar-refractivity contribution is 6.11. The van der Waals surface area contributed by atoms with E-state index in [0.717, 1.165) is 17.0 Å². The average Bonchev–Trinajstić information content (AvgIpc) is 3.02. The zero-order valence-electron chi connectivity index (χ0n) is 24.3. The maximum Gasteiger partial charge on any atom is 0.207 e. The van der Waals surface area contributed by atoms with Crippen molar-refractivity contribution in [2.75, 3.05) is 28.2 Å². The van der Waals surface area contributed by atoms with Gasteiger partial charge in [-0.2, -0.15) is 0 Å². The van der Waals surface area contributed by atoms with Crippen molar-refractivity contribution in [3.05, 3.63) is 168 Å². The third kappa shape index (κ3) is 6.80. The third-order valence-corrected chi connectivity index (χ3v) is 7.23. The molecule has 0 atom stereocenters. The van der Waals surface area contributed by atoms with Gasteiger partial charge in [-0.3, -0.25) is 0 Å². The lowest BCUT2D eigenvalue weighted by atomic mass is 9.96. The minimum Gasteiger partial charge on any atom is -0.377 e. The molecule has 0 spiro atoms. The van der Waals surface area contributed by atoms with E-state index in [9.17, 15) is 0 Å². The highest BCUT2D eigenvalue weighted by Crippen LogP contribution is 2.28. The van der Waals surface area contributed by atoms with Crippen LogP contribution in [0.1, 0.15) is 16.7 Å². The van der Waals surface area contributed by atoms with E-state index in [1.54, 1.807) is 0 Å². The molecule has 0 aliphatic rings. The first-order chi connectivity index (χ1) is 20.0. The number of allylic oxidation sites excluding steroid dienone is 3. The minimum atomic E-state index is 1.15. The van der Waals surface area contributed by atoms with Crippen molar-refractivity contribution < 1.29 is 4.58 Å². The molecule has 5 aromatic rings. The molecule has 0 unspecified atom stereocenters. The van der Waals surface area contributed by atoms with Crippen LogP contribution in [-0.2, 0) is 0 Å². The van der Waals surface area contributed by atoms with E-state index in [1.807, 2.05) is 0 Å². The highest BCUT2D eigenvalue weighted by atomic mass is 15.1. The summed E-state index contributed by atoms with van der Waals surface area (Å²) in [6.45, 7) is 0. The maximum absolute atomic E-state index is 2.30. The molecule has 0 N–H and O–H groups in total. The van der Waals surface area contributed by atoms with Crippen molar-refractivity contribution in [2.24, 2.45) is 0 Å². The topological polar surface area (TPSA) is 6.25 Å². The van der Waals surface area contributed by atoms with Gasteiger partial charge in [0, 0.05) is 31.4 Å². The van der Waals surface area contributed by atoms with Gasteiger partial charge >= 0.3 is 0 Å². The Bertz CT molecular complexity index is 1650. The summed E-state index contributed by atoms with van der Waals surface area (Å²) in [6, 6.07) is 49.4. The Kier molecular flexibility index (Phi) is 8.71. The van der Waals surface area contributed by atoms with Crippen LogP contribution in [0.3, 0.4) is 0 Å². The summed E-state index contributed by atoms with van der Waals surface area (Å²) in [5.74, 6) is 0. The molecule has 0 fully saturated rings. The van der Waals surface area contributed by atoms with Gasteiger partial charge in [0.25, 0.3) is 0 Å². The molecule has 0 amide bonds. The summed E-state index contributed by atoms with van der Waals surface area (Å²) in [5, 5.41) is 0. The molecule has 0 aliphatic carbocycles. The Morgan fingerprint density at radius 2 is 0.878 bits per heavy atom. The molecule has 2 nitrogen and oxygen atoms in total. The normalized spacial score (nSPS) is 11.7. The lowest BCUT2D eigenvalue weighted by Gasteiger charge is -2.19. The SMILES string of the molecule is CN(C)/C(=C\C(=C\C(c1ccc(-c2ccccc2)cc1)=[N+](C)C)c1ccccc1)c1ccc(-c2ccccc2)cc1. The van der Waals surface area contributed by atoms with Gasteiger partial charge in [-0.15, -0.1) is 0 Å². The second-order valence-corrected chi connectivity index (χ2v) is 10.6. The van der Waals surface area contributed by atoms with E-state index in [-0.39, 0.29) is 0 Å². The van der Waals surface area contributed by atoms with Crippen molar-refractivity contribution in [2.45, 2.75) is 0 Å². The molecule has 41 heavy (non-hydrogen) atoms. The summed E-state index contributed by atoms with van der Waals surface area (Å²) in [7, 11) is 8.44. The van der Waals surface area contributed by atoms with Crippen LogP contribution in [0.25, 0.3) is 33.5 Å². The Morgan fingerprint density at radius 3 is 1.32 bits per heavy atom. The maximum atomic E-state index is 2.30. The summed E-state index contributed by atoms with van der Waals surface area (Å²) < 4.78 is 2.19. The van der Waals surface area contributed by atoms with Crippen LogP contribution < -0.4 is 0 Å². The number of rotatable bonds is 8. The van der Waals surface area contributed by atoms with Crippen molar-refractivity contribution in [3.8, 4) is 22.3 Å². The van der Waals surface area contributed by atoms with E-state index in [4.69, 9.17) is 0 Å². The number of nitrogens with zero attached hydrogens (tertiary/aromatic N) is 2. The molecule has 0 aliphatic heterocycles. The number of hydrogen-bond acceptors (Lipinski definition) is 1. The third-order valence-electron chi connectivity index (χ3n) is 7.23. The van der Waals surface area contributed by atoms with Crippen LogP contribution in [-0.4, -0.2) is 43.4 Å². The molecule has 5 aromatic carbocycles. The lowest BCUT2D eigenvalue weighted by molar-refractivity contribution is -0.463. The van der Waals surface area contributed by atoms with Gasteiger partial charge in [0.1, 0.15) is 14.1 Å². The van der Waals surface area contributed by atoms with Crippen LogP contribution in [0.4, 0.5) is 0 Å². The van der Waals surface area contributed by atoms with Gasteiger partial charge in [-0.05, 0) is 57.2 Å². The van der Waals surface area contributed by atoms with E-state index < -0.39 is 0 Å². The summed E-state index contributed by atoms with van der Waals surface area (Å²) >= 11 is 0. The molecule has 0 heterocycles. The lowest BCUT2D eigenvalue weighted by Crippen LogP contribution is -2.14. The molecule has 0 bridgehead atoms. The Balaban J connectivity index is 1.56. The largest absolute Gasteiger partial charge is 0.377 e. The number of hydrogen-bond donors (Lipinski definition) is 0. The van der Waals surface area contributed by atoms with E-state index in [1.165, 1.54) is 38.9 Å². The van der Waals surface area contributed by atoms with E-state index in [0.29, 0.717) is 0 Å². The van der Waals surface area contributed by atoms with Gasteiger partial charge in [0.15, 0.2) is 0 Å². The van der Waals surface area contributed by atoms with Crippen molar-refractivity contribution in [1.29, 1.82) is 0 Å². The monoisotopic (exact) mass is 533 g/mol. The van der Waals surface area contributed by atoms with Gasteiger partial charge in [-0.25, -0.2) is 4.58 Å². The van der Waals surface area contributed by atoms with Gasteiger partial charge < -0.3 is 4.90 Å². The Hall–Kier alpha value is -4.95. The molecule has 202 valence electrons. The molecular weight excluding hydrogens is 496 g/mol. The fourth-order valence-electron chi connectivity index (χ4n) is 5.00. The van der Waals surface area contributed by atoms with E-state index in [2.05, 4.69) is 189 Å². The van der Waals surface area contributed by atoms with Gasteiger partial charge in [0.05, 0.1) is 0 Å². The molecule has 0 radical (unpaired) electrons. The number of benzene rings is 5. The van der Waals surface area contributed by atoms with Crippen molar-refractivity contribution in [1.82, 2.24) is 4.90 Å². The first-order valence-electron chi connectivity index (χ1n) is 14.0. The summed E-state index contributed by atoms with van der Waals surface area (Å²) in [6.07, 6.45) is 4.60. The van der Waals surface area contributed by atoms with Crippen LogP contribution in [0, 0.1) is 0 Å². The van der Waals surface area contributed by atoms with E-state index >= 15 is 0 Å². The Labute approximate surface area is 244 Å². The van der Waals surface area contributed by atoms with Crippen molar-refractivity contribution >= 4 is 17.0 Å². The second kappa shape index (κ2) is 12.9. The highest BCUT2D eigenvalue weighted by Gasteiger charge is 2.14. The predicted octanol–water partition coefficient (Wildman–Crippen LogP) is 8.77. The smallest absolute Gasteiger partial charge is 0.207 e. The molecule has 0 saturated heterocycles. The van der Waals surface area contributed by atoms with Crippen LogP contribution in [0.2, 0.25) is 0 Å². The van der Waals surface area contributed by atoms with Crippen LogP contribution in [0.5, 0.6) is 0 Å². The zero-order chi connectivity index (χ0) is 28.6. The second-order valence-electron chi connectivity index (χ2n) is 10.6. The molecule has 5 rings (SSSR count). The van der Waals surface area contributed by atoms with Gasteiger partial charge in [-0.1, -0.05) is 127 Å². The Morgan fingerprint density at radius 1 is 0.463 bits per heavy atom. The predicted molar refractivity (Wildman–Crippen MR) is 176 cm³/mol. The fourth-order valence-corrected chi connectivity index (χ4v) is 5.00. The molecule has 2 heteroatoms. The average molecular weight is 534 g/mol. The molecule has 0 saturated carbocycles. The fraction of sp³-hybridized carbons (Fsp3) is 0.103. The zero-order valence-corrected chi connectivity index (χ0v) is 24.3. The van der Waals surface area contributed by atoms with Crippen LogP contribution in [0.15, 0.2) is 152 Å². The van der Waals surface area contributed by atoms with Crippen molar-refractivity contribution in [3.63, 3.8) is 0 Å². The first-order valence-corrected chi connectivity index (χ1v) is 14.0.